The van der Waals surface area contributed by atoms with Crippen molar-refractivity contribution in [3.05, 3.63) is 59.4 Å². The standard InChI is InChI=1S/C17H20FNO2/c1-3-19-12(2)17-14(18)8-6-10-16(17)21-15-9-5-4-7-13(15)11-20/h4-10,12,19-20H,3,11H2,1-2H3. The Morgan fingerprint density at radius 3 is 2.57 bits per heavy atom. The van der Waals surface area contributed by atoms with Crippen LogP contribution in [-0.2, 0) is 6.61 Å². The maximum atomic E-state index is 14.1. The zero-order valence-corrected chi connectivity index (χ0v) is 12.3. The second-order valence-electron chi connectivity index (χ2n) is 4.80. The van der Waals surface area contributed by atoms with Crippen LogP contribution in [0.15, 0.2) is 42.5 Å². The molecule has 1 atom stereocenters. The Kier molecular flexibility index (Phi) is 5.31. The Hall–Kier alpha value is -1.91. The lowest BCUT2D eigenvalue weighted by molar-refractivity contribution is 0.276. The third kappa shape index (κ3) is 3.60. The Morgan fingerprint density at radius 2 is 1.86 bits per heavy atom. The summed E-state index contributed by atoms with van der Waals surface area (Å²) in [5.41, 5.74) is 1.16. The van der Waals surface area contributed by atoms with Crippen LogP contribution in [0.2, 0.25) is 0 Å². The predicted molar refractivity (Wildman–Crippen MR) is 80.9 cm³/mol. The molecule has 21 heavy (non-hydrogen) atoms. The van der Waals surface area contributed by atoms with Crippen molar-refractivity contribution in [2.45, 2.75) is 26.5 Å². The van der Waals surface area contributed by atoms with Crippen molar-refractivity contribution < 1.29 is 14.2 Å². The minimum Gasteiger partial charge on any atom is -0.457 e. The molecule has 1 unspecified atom stereocenters. The first kappa shape index (κ1) is 15.5. The Labute approximate surface area is 124 Å². The van der Waals surface area contributed by atoms with Gasteiger partial charge in [0.25, 0.3) is 0 Å². The molecule has 0 spiro atoms. The summed E-state index contributed by atoms with van der Waals surface area (Å²) in [6.45, 7) is 4.48. The molecule has 2 N–H and O–H groups in total. The molecular formula is C17H20FNO2. The number of halogens is 1. The number of aliphatic hydroxyl groups excluding tert-OH is 1. The fourth-order valence-electron chi connectivity index (χ4n) is 2.29. The van der Waals surface area contributed by atoms with Gasteiger partial charge in [0, 0.05) is 17.2 Å². The molecule has 0 aromatic heterocycles. The van der Waals surface area contributed by atoms with Crippen molar-refractivity contribution in [2.24, 2.45) is 0 Å². The molecule has 0 saturated carbocycles. The molecule has 0 aliphatic heterocycles. The van der Waals surface area contributed by atoms with Crippen LogP contribution in [0.1, 0.15) is 31.0 Å². The van der Waals surface area contributed by atoms with Gasteiger partial charge in [-0.3, -0.25) is 0 Å². The van der Waals surface area contributed by atoms with Gasteiger partial charge >= 0.3 is 0 Å². The minimum atomic E-state index is -0.303. The monoisotopic (exact) mass is 289 g/mol. The van der Waals surface area contributed by atoms with Crippen LogP contribution in [0.4, 0.5) is 4.39 Å². The number of ether oxygens (including phenoxy) is 1. The van der Waals surface area contributed by atoms with E-state index in [0.717, 1.165) is 6.54 Å². The van der Waals surface area contributed by atoms with Gasteiger partial charge in [-0.2, -0.15) is 0 Å². The van der Waals surface area contributed by atoms with Crippen LogP contribution >= 0.6 is 0 Å². The van der Waals surface area contributed by atoms with Crippen LogP contribution < -0.4 is 10.1 Å². The minimum absolute atomic E-state index is 0.121. The lowest BCUT2D eigenvalue weighted by Crippen LogP contribution is -2.19. The molecule has 2 aromatic rings. The quantitative estimate of drug-likeness (QED) is 0.850. The molecule has 0 saturated heterocycles. The van der Waals surface area contributed by atoms with E-state index in [4.69, 9.17) is 4.74 Å². The van der Waals surface area contributed by atoms with Gasteiger partial charge in [0.1, 0.15) is 17.3 Å². The van der Waals surface area contributed by atoms with Crippen molar-refractivity contribution in [2.75, 3.05) is 6.54 Å². The summed E-state index contributed by atoms with van der Waals surface area (Å²) >= 11 is 0. The molecule has 0 amide bonds. The van der Waals surface area contributed by atoms with Crippen molar-refractivity contribution >= 4 is 0 Å². The topological polar surface area (TPSA) is 41.5 Å². The van der Waals surface area contributed by atoms with Gasteiger partial charge in [-0.15, -0.1) is 0 Å². The predicted octanol–water partition coefficient (Wildman–Crippen LogP) is 3.78. The summed E-state index contributed by atoms with van der Waals surface area (Å²) in [6, 6.07) is 11.8. The second kappa shape index (κ2) is 7.20. The van der Waals surface area contributed by atoms with Crippen LogP contribution in [-0.4, -0.2) is 11.7 Å². The highest BCUT2D eigenvalue weighted by Crippen LogP contribution is 2.33. The smallest absolute Gasteiger partial charge is 0.135 e. The molecule has 2 aromatic carbocycles. The third-order valence-electron chi connectivity index (χ3n) is 3.32. The third-order valence-corrected chi connectivity index (χ3v) is 3.32. The highest BCUT2D eigenvalue weighted by Gasteiger charge is 2.17. The molecule has 0 fully saturated rings. The van der Waals surface area contributed by atoms with Gasteiger partial charge in [-0.25, -0.2) is 4.39 Å². The average Bonchev–Trinajstić information content (AvgIpc) is 2.48. The summed E-state index contributed by atoms with van der Waals surface area (Å²) in [7, 11) is 0. The van der Waals surface area contributed by atoms with E-state index in [1.807, 2.05) is 26.0 Å². The SMILES string of the molecule is CCNC(C)c1c(F)cccc1Oc1ccccc1CO. The van der Waals surface area contributed by atoms with Gasteiger partial charge in [0.2, 0.25) is 0 Å². The number of para-hydroxylation sites is 1. The summed E-state index contributed by atoms with van der Waals surface area (Å²) in [4.78, 5) is 0. The van der Waals surface area contributed by atoms with E-state index in [1.54, 1.807) is 24.3 Å². The van der Waals surface area contributed by atoms with E-state index >= 15 is 0 Å². The molecule has 0 aliphatic carbocycles. The van der Waals surface area contributed by atoms with E-state index in [-0.39, 0.29) is 18.5 Å². The molecule has 0 heterocycles. The first-order valence-corrected chi connectivity index (χ1v) is 7.05. The van der Waals surface area contributed by atoms with Gasteiger partial charge in [-0.05, 0) is 31.7 Å². The molecule has 0 bridgehead atoms. The number of rotatable bonds is 6. The lowest BCUT2D eigenvalue weighted by atomic mass is 10.1. The van der Waals surface area contributed by atoms with Gasteiger partial charge in [0.05, 0.1) is 6.61 Å². The largest absolute Gasteiger partial charge is 0.457 e. The Morgan fingerprint density at radius 1 is 1.14 bits per heavy atom. The van der Waals surface area contributed by atoms with Gasteiger partial charge in [0.15, 0.2) is 0 Å². The number of benzene rings is 2. The molecule has 0 aliphatic rings. The van der Waals surface area contributed by atoms with Crippen LogP contribution in [0.3, 0.4) is 0 Å². The first-order chi connectivity index (χ1) is 10.2. The van der Waals surface area contributed by atoms with Crippen molar-refractivity contribution in [3.8, 4) is 11.5 Å². The van der Waals surface area contributed by atoms with Crippen molar-refractivity contribution in [3.63, 3.8) is 0 Å². The average molecular weight is 289 g/mol. The summed E-state index contributed by atoms with van der Waals surface area (Å²) in [5, 5.41) is 12.5. The van der Waals surface area contributed by atoms with Gasteiger partial charge in [-0.1, -0.05) is 31.2 Å². The molecule has 0 radical (unpaired) electrons. The molecule has 2 rings (SSSR count). The first-order valence-electron chi connectivity index (χ1n) is 7.05. The summed E-state index contributed by atoms with van der Waals surface area (Å²) < 4.78 is 20.0. The Balaban J connectivity index is 2.38. The fraction of sp³-hybridized carbons (Fsp3) is 0.294. The molecule has 4 heteroatoms. The number of aliphatic hydroxyl groups is 1. The van der Waals surface area contributed by atoms with E-state index in [2.05, 4.69) is 5.32 Å². The molecular weight excluding hydrogens is 269 g/mol. The molecule has 3 nitrogen and oxygen atoms in total. The number of hydrogen-bond donors (Lipinski definition) is 2. The second-order valence-corrected chi connectivity index (χ2v) is 4.80. The van der Waals surface area contributed by atoms with Gasteiger partial charge < -0.3 is 15.2 Å². The molecule has 112 valence electrons. The zero-order chi connectivity index (χ0) is 15.2. The number of hydrogen-bond acceptors (Lipinski definition) is 3. The van der Waals surface area contributed by atoms with Crippen LogP contribution in [0.5, 0.6) is 11.5 Å². The Bertz CT molecular complexity index is 601. The summed E-state index contributed by atoms with van der Waals surface area (Å²) in [6.07, 6.45) is 0. The van der Waals surface area contributed by atoms with Crippen LogP contribution in [0.25, 0.3) is 0 Å². The maximum absolute atomic E-state index is 14.1. The number of nitrogens with one attached hydrogen (secondary N) is 1. The fourth-order valence-corrected chi connectivity index (χ4v) is 2.29. The lowest BCUT2D eigenvalue weighted by Gasteiger charge is -2.19. The highest BCUT2D eigenvalue weighted by molar-refractivity contribution is 5.43. The van der Waals surface area contributed by atoms with Crippen molar-refractivity contribution in [1.82, 2.24) is 5.32 Å². The zero-order valence-electron chi connectivity index (χ0n) is 12.3. The van der Waals surface area contributed by atoms with E-state index in [1.165, 1.54) is 6.07 Å². The summed E-state index contributed by atoms with van der Waals surface area (Å²) in [5.74, 6) is 0.697. The van der Waals surface area contributed by atoms with Crippen LogP contribution in [0, 0.1) is 5.82 Å². The van der Waals surface area contributed by atoms with E-state index in [0.29, 0.717) is 22.6 Å². The van der Waals surface area contributed by atoms with E-state index < -0.39 is 0 Å². The normalized spacial score (nSPS) is 12.2. The van der Waals surface area contributed by atoms with Crippen molar-refractivity contribution in [1.29, 1.82) is 0 Å². The highest BCUT2D eigenvalue weighted by atomic mass is 19.1. The van der Waals surface area contributed by atoms with E-state index in [9.17, 15) is 9.50 Å². The maximum Gasteiger partial charge on any atom is 0.135 e.